The van der Waals surface area contributed by atoms with Gasteiger partial charge < -0.3 is 4.98 Å². The van der Waals surface area contributed by atoms with Crippen molar-refractivity contribution in [2.24, 2.45) is 0 Å². The number of nitrogens with zero attached hydrogens (tertiary/aromatic N) is 3. The number of H-pyrrole nitrogens is 1. The van der Waals surface area contributed by atoms with Crippen LogP contribution in [0.25, 0.3) is 10.9 Å². The van der Waals surface area contributed by atoms with Crippen molar-refractivity contribution >= 4 is 28.3 Å². The first kappa shape index (κ1) is 12.9. The first-order valence-electron chi connectivity index (χ1n) is 7.31. The van der Waals surface area contributed by atoms with E-state index in [1.807, 2.05) is 48.4 Å². The van der Waals surface area contributed by atoms with Crippen molar-refractivity contribution in [3.05, 3.63) is 54.5 Å². The topological polar surface area (TPSA) is 52.2 Å². The number of aromatic nitrogens is 2. The van der Waals surface area contributed by atoms with Crippen molar-refractivity contribution in [1.29, 1.82) is 0 Å². The number of carbonyl (C=O) groups is 1. The molecule has 1 aliphatic rings. The van der Waals surface area contributed by atoms with Crippen LogP contribution in [0.15, 0.2) is 48.9 Å². The Morgan fingerprint density at radius 1 is 1.14 bits per heavy atom. The van der Waals surface area contributed by atoms with Gasteiger partial charge in [-0.25, -0.2) is 4.79 Å². The SMILES string of the molecule is Cc1ccncc1N1CCN(c2ccc3[nH]ccc3c2)C1=O. The lowest BCUT2D eigenvalue weighted by Crippen LogP contribution is -2.32. The molecule has 22 heavy (non-hydrogen) atoms. The number of benzene rings is 1. The average molecular weight is 292 g/mol. The molecule has 1 aliphatic heterocycles. The number of urea groups is 1. The molecule has 0 bridgehead atoms. The molecule has 1 saturated heterocycles. The fourth-order valence-electron chi connectivity index (χ4n) is 2.95. The molecule has 4 rings (SSSR count). The van der Waals surface area contributed by atoms with Crippen LogP contribution in [0.5, 0.6) is 0 Å². The number of carbonyl (C=O) groups excluding carboxylic acids is 1. The van der Waals surface area contributed by atoms with Gasteiger partial charge in [0.1, 0.15) is 0 Å². The minimum absolute atomic E-state index is 0.00554. The summed E-state index contributed by atoms with van der Waals surface area (Å²) in [4.78, 5) is 23.7. The van der Waals surface area contributed by atoms with Crippen LogP contribution in [0.2, 0.25) is 0 Å². The molecule has 1 N–H and O–H groups in total. The summed E-state index contributed by atoms with van der Waals surface area (Å²) in [5.41, 5.74) is 3.96. The van der Waals surface area contributed by atoms with Gasteiger partial charge in [-0.3, -0.25) is 14.8 Å². The van der Waals surface area contributed by atoms with Gasteiger partial charge >= 0.3 is 6.03 Å². The van der Waals surface area contributed by atoms with Crippen molar-refractivity contribution in [3.8, 4) is 0 Å². The summed E-state index contributed by atoms with van der Waals surface area (Å²) in [6.45, 7) is 3.36. The molecular weight excluding hydrogens is 276 g/mol. The number of anilines is 2. The third-order valence-corrected chi connectivity index (χ3v) is 4.16. The van der Waals surface area contributed by atoms with Crippen LogP contribution in [0, 0.1) is 6.92 Å². The van der Waals surface area contributed by atoms with Crippen molar-refractivity contribution in [1.82, 2.24) is 9.97 Å². The quantitative estimate of drug-likeness (QED) is 0.787. The van der Waals surface area contributed by atoms with Gasteiger partial charge in [0.2, 0.25) is 0 Å². The van der Waals surface area contributed by atoms with E-state index in [2.05, 4.69) is 9.97 Å². The van der Waals surface area contributed by atoms with Gasteiger partial charge in [-0.1, -0.05) is 0 Å². The number of amides is 2. The Kier molecular flexibility index (Phi) is 2.85. The standard InChI is InChI=1S/C17H16N4O/c1-12-4-6-18-11-16(12)21-9-8-20(17(21)22)14-2-3-15-13(10-14)5-7-19-15/h2-7,10-11,19H,8-9H2,1H3. The minimum Gasteiger partial charge on any atom is -0.361 e. The maximum Gasteiger partial charge on any atom is 0.329 e. The molecule has 2 aromatic heterocycles. The Morgan fingerprint density at radius 2 is 2.00 bits per heavy atom. The zero-order valence-electron chi connectivity index (χ0n) is 12.3. The number of pyridine rings is 1. The smallest absolute Gasteiger partial charge is 0.329 e. The highest BCUT2D eigenvalue weighted by Crippen LogP contribution is 2.28. The van der Waals surface area contributed by atoms with E-state index in [4.69, 9.17) is 0 Å². The molecule has 0 unspecified atom stereocenters. The summed E-state index contributed by atoms with van der Waals surface area (Å²) in [6.07, 6.45) is 5.41. The summed E-state index contributed by atoms with van der Waals surface area (Å²) in [6, 6.07) is 9.99. The third kappa shape index (κ3) is 1.94. The number of nitrogens with one attached hydrogen (secondary N) is 1. The summed E-state index contributed by atoms with van der Waals surface area (Å²) in [5.74, 6) is 0. The van der Waals surface area contributed by atoms with Crippen LogP contribution >= 0.6 is 0 Å². The summed E-state index contributed by atoms with van der Waals surface area (Å²) in [5, 5.41) is 1.11. The largest absolute Gasteiger partial charge is 0.361 e. The Bertz CT molecular complexity index is 854. The van der Waals surface area contributed by atoms with Crippen LogP contribution in [0.3, 0.4) is 0 Å². The minimum atomic E-state index is 0.00554. The molecule has 1 fully saturated rings. The van der Waals surface area contributed by atoms with Gasteiger partial charge in [0.05, 0.1) is 11.9 Å². The Labute approximate surface area is 128 Å². The van der Waals surface area contributed by atoms with Crippen molar-refractivity contribution in [2.75, 3.05) is 22.9 Å². The number of aryl methyl sites for hydroxylation is 1. The first-order chi connectivity index (χ1) is 10.7. The summed E-state index contributed by atoms with van der Waals surface area (Å²) in [7, 11) is 0. The summed E-state index contributed by atoms with van der Waals surface area (Å²) >= 11 is 0. The summed E-state index contributed by atoms with van der Waals surface area (Å²) < 4.78 is 0. The van der Waals surface area contributed by atoms with Crippen molar-refractivity contribution in [3.63, 3.8) is 0 Å². The van der Waals surface area contributed by atoms with Crippen LogP contribution in [-0.4, -0.2) is 29.1 Å². The normalized spacial score (nSPS) is 15.0. The van der Waals surface area contributed by atoms with Crippen molar-refractivity contribution < 1.29 is 4.79 Å². The number of aromatic amines is 1. The second-order valence-corrected chi connectivity index (χ2v) is 5.50. The fourth-order valence-corrected chi connectivity index (χ4v) is 2.95. The highest BCUT2D eigenvalue weighted by atomic mass is 16.2. The maximum atomic E-state index is 12.7. The van der Waals surface area contributed by atoms with Gasteiger partial charge in [-0.2, -0.15) is 0 Å². The van der Waals surface area contributed by atoms with E-state index in [-0.39, 0.29) is 6.03 Å². The van der Waals surface area contributed by atoms with Gasteiger partial charge in [0.15, 0.2) is 0 Å². The van der Waals surface area contributed by atoms with E-state index in [9.17, 15) is 4.79 Å². The molecular formula is C17H16N4O. The van der Waals surface area contributed by atoms with Gasteiger partial charge in [0.25, 0.3) is 0 Å². The molecule has 3 aromatic rings. The second kappa shape index (κ2) is 4.87. The lowest BCUT2D eigenvalue weighted by atomic mass is 10.2. The van der Waals surface area contributed by atoms with E-state index in [1.54, 1.807) is 17.3 Å². The number of rotatable bonds is 2. The molecule has 110 valence electrons. The zero-order valence-corrected chi connectivity index (χ0v) is 12.3. The Hall–Kier alpha value is -2.82. The molecule has 2 amide bonds. The van der Waals surface area contributed by atoms with E-state index in [1.165, 1.54) is 0 Å². The first-order valence-corrected chi connectivity index (χ1v) is 7.31. The third-order valence-electron chi connectivity index (χ3n) is 4.16. The lowest BCUT2D eigenvalue weighted by Gasteiger charge is -2.20. The molecule has 1 aromatic carbocycles. The highest BCUT2D eigenvalue weighted by molar-refractivity contribution is 6.07. The fraction of sp³-hybridized carbons (Fsp3) is 0.176. The molecule has 0 atom stereocenters. The van der Waals surface area contributed by atoms with E-state index in [0.29, 0.717) is 13.1 Å². The Balaban J connectivity index is 1.67. The highest BCUT2D eigenvalue weighted by Gasteiger charge is 2.31. The number of hydrogen-bond acceptors (Lipinski definition) is 2. The molecule has 5 heteroatoms. The number of fused-ring (bicyclic) bond motifs is 1. The molecule has 3 heterocycles. The average Bonchev–Trinajstić information content (AvgIpc) is 3.13. The predicted octanol–water partition coefficient (Wildman–Crippen LogP) is 3.32. The van der Waals surface area contributed by atoms with E-state index in [0.717, 1.165) is 27.8 Å². The zero-order chi connectivity index (χ0) is 15.1. The second-order valence-electron chi connectivity index (χ2n) is 5.50. The molecule has 0 aliphatic carbocycles. The molecule has 5 nitrogen and oxygen atoms in total. The Morgan fingerprint density at radius 3 is 2.86 bits per heavy atom. The van der Waals surface area contributed by atoms with Crippen LogP contribution in [0.4, 0.5) is 16.2 Å². The van der Waals surface area contributed by atoms with Crippen LogP contribution in [0.1, 0.15) is 5.56 Å². The van der Waals surface area contributed by atoms with Crippen LogP contribution in [-0.2, 0) is 0 Å². The van der Waals surface area contributed by atoms with E-state index >= 15 is 0 Å². The molecule has 0 radical (unpaired) electrons. The molecule has 0 spiro atoms. The van der Waals surface area contributed by atoms with Crippen molar-refractivity contribution in [2.45, 2.75) is 6.92 Å². The monoisotopic (exact) mass is 292 g/mol. The van der Waals surface area contributed by atoms with Gasteiger partial charge in [-0.05, 0) is 42.8 Å². The number of hydrogen-bond donors (Lipinski definition) is 1. The molecule has 0 saturated carbocycles. The maximum absolute atomic E-state index is 12.7. The van der Waals surface area contributed by atoms with Gasteiger partial charge in [-0.15, -0.1) is 0 Å². The van der Waals surface area contributed by atoms with Gasteiger partial charge in [0, 0.05) is 42.1 Å². The predicted molar refractivity (Wildman–Crippen MR) is 87.4 cm³/mol. The lowest BCUT2D eigenvalue weighted by molar-refractivity contribution is 0.256. The van der Waals surface area contributed by atoms with Crippen LogP contribution < -0.4 is 9.80 Å². The van der Waals surface area contributed by atoms with E-state index < -0.39 is 0 Å².